The van der Waals surface area contributed by atoms with Crippen LogP contribution in [0.1, 0.15) is 19.3 Å². The Labute approximate surface area is 140 Å². The lowest BCUT2D eigenvalue weighted by atomic mass is 10.0. The average molecular weight is 330 g/mol. The van der Waals surface area contributed by atoms with E-state index in [1.54, 1.807) is 31.0 Å². The summed E-state index contributed by atoms with van der Waals surface area (Å²) in [4.78, 5) is 26.2. The second-order valence-corrected chi connectivity index (χ2v) is 6.13. The first-order chi connectivity index (χ1) is 11.6. The first-order valence-corrected chi connectivity index (χ1v) is 8.11. The van der Waals surface area contributed by atoms with Gasteiger partial charge in [-0.05, 0) is 18.9 Å². The van der Waals surface area contributed by atoms with E-state index < -0.39 is 5.60 Å². The third kappa shape index (κ3) is 4.29. The van der Waals surface area contributed by atoms with Crippen molar-refractivity contribution < 1.29 is 9.90 Å². The fourth-order valence-electron chi connectivity index (χ4n) is 2.82. The second kappa shape index (κ2) is 7.39. The van der Waals surface area contributed by atoms with Crippen molar-refractivity contribution in [3.63, 3.8) is 0 Å². The summed E-state index contributed by atoms with van der Waals surface area (Å²) < 4.78 is 1.94. The Kier molecular flexibility index (Phi) is 5.05. The minimum absolute atomic E-state index is 0.0436. The molecule has 3 heterocycles. The second-order valence-electron chi connectivity index (χ2n) is 6.13. The first kappa shape index (κ1) is 16.4. The number of amides is 1. The molecule has 3 rings (SSSR count). The number of aliphatic hydroxyl groups is 1. The van der Waals surface area contributed by atoms with E-state index in [9.17, 15) is 9.90 Å². The fraction of sp³-hybridized carbons (Fsp3) is 0.500. The van der Waals surface area contributed by atoms with Crippen LogP contribution in [0.5, 0.6) is 0 Å². The molecule has 2 N–H and O–H groups in total. The molecule has 0 bridgehead atoms. The van der Waals surface area contributed by atoms with Crippen LogP contribution in [-0.4, -0.2) is 55.8 Å². The molecular formula is C16H22N6O2. The predicted molar refractivity (Wildman–Crippen MR) is 88.3 cm³/mol. The van der Waals surface area contributed by atoms with E-state index in [-0.39, 0.29) is 12.5 Å². The summed E-state index contributed by atoms with van der Waals surface area (Å²) in [6.07, 6.45) is 10.4. The quantitative estimate of drug-likeness (QED) is 0.753. The van der Waals surface area contributed by atoms with Gasteiger partial charge in [0.2, 0.25) is 11.9 Å². The third-order valence-corrected chi connectivity index (χ3v) is 4.16. The van der Waals surface area contributed by atoms with Gasteiger partial charge in [-0.15, -0.1) is 0 Å². The molecule has 0 aliphatic carbocycles. The SMILES string of the molecule is O=C(CCCn1ccnc1)NC[C@]1(O)CCN(c2ncccn2)C1. The molecule has 2 aromatic heterocycles. The lowest BCUT2D eigenvalue weighted by Gasteiger charge is -2.23. The lowest BCUT2D eigenvalue weighted by molar-refractivity contribution is -0.122. The van der Waals surface area contributed by atoms with Crippen molar-refractivity contribution in [1.29, 1.82) is 0 Å². The smallest absolute Gasteiger partial charge is 0.225 e. The number of β-amino-alcohol motifs (C(OH)–C–C–N with tert-alkyl or cyclic N) is 1. The van der Waals surface area contributed by atoms with E-state index in [0.29, 0.717) is 31.9 Å². The molecule has 0 spiro atoms. The number of rotatable bonds is 7. The van der Waals surface area contributed by atoms with Crippen molar-refractivity contribution >= 4 is 11.9 Å². The number of aryl methyl sites for hydroxylation is 1. The molecule has 0 unspecified atom stereocenters. The number of imidazole rings is 1. The zero-order valence-electron chi connectivity index (χ0n) is 13.5. The molecule has 2 aromatic rings. The number of nitrogens with one attached hydrogen (secondary N) is 1. The minimum atomic E-state index is -0.931. The first-order valence-electron chi connectivity index (χ1n) is 8.11. The van der Waals surface area contributed by atoms with Crippen LogP contribution in [-0.2, 0) is 11.3 Å². The highest BCUT2D eigenvalue weighted by Gasteiger charge is 2.37. The van der Waals surface area contributed by atoms with Crippen LogP contribution in [0.15, 0.2) is 37.2 Å². The zero-order chi connectivity index (χ0) is 16.8. The van der Waals surface area contributed by atoms with Crippen molar-refractivity contribution in [2.75, 3.05) is 24.5 Å². The minimum Gasteiger partial charge on any atom is -0.386 e. The third-order valence-electron chi connectivity index (χ3n) is 4.16. The Morgan fingerprint density at radius 3 is 2.92 bits per heavy atom. The summed E-state index contributed by atoms with van der Waals surface area (Å²) in [6.45, 7) is 2.11. The topological polar surface area (TPSA) is 96.2 Å². The molecule has 1 atom stereocenters. The van der Waals surface area contributed by atoms with Crippen LogP contribution < -0.4 is 10.2 Å². The average Bonchev–Trinajstić information content (AvgIpc) is 3.24. The Morgan fingerprint density at radius 1 is 1.33 bits per heavy atom. The molecule has 1 aliphatic heterocycles. The highest BCUT2D eigenvalue weighted by Crippen LogP contribution is 2.23. The van der Waals surface area contributed by atoms with E-state index in [2.05, 4.69) is 20.3 Å². The maximum absolute atomic E-state index is 11.9. The Balaban J connectivity index is 1.40. The molecule has 1 saturated heterocycles. The summed E-state index contributed by atoms with van der Waals surface area (Å²) in [5, 5.41) is 13.5. The van der Waals surface area contributed by atoms with Crippen LogP contribution in [0.25, 0.3) is 0 Å². The molecule has 0 radical (unpaired) electrons. The van der Waals surface area contributed by atoms with Crippen LogP contribution >= 0.6 is 0 Å². The largest absolute Gasteiger partial charge is 0.386 e. The number of carbonyl (C=O) groups is 1. The molecule has 0 saturated carbocycles. The summed E-state index contributed by atoms with van der Waals surface area (Å²) in [6, 6.07) is 1.76. The van der Waals surface area contributed by atoms with Crippen LogP contribution in [0.3, 0.4) is 0 Å². The molecule has 0 aromatic carbocycles. The summed E-state index contributed by atoms with van der Waals surface area (Å²) in [5.41, 5.74) is -0.931. The van der Waals surface area contributed by atoms with Gasteiger partial charge in [0.1, 0.15) is 5.60 Å². The van der Waals surface area contributed by atoms with Crippen LogP contribution in [0.4, 0.5) is 5.95 Å². The monoisotopic (exact) mass is 330 g/mol. The molecule has 128 valence electrons. The standard InChI is InChI=1S/C16H22N6O2/c23-14(3-1-8-21-10-7-17-13-21)20-11-16(24)4-9-22(12-16)15-18-5-2-6-19-15/h2,5-7,10,13,24H,1,3-4,8-9,11-12H2,(H,20,23)/t16-/m1/s1. The maximum Gasteiger partial charge on any atom is 0.225 e. The van der Waals surface area contributed by atoms with Gasteiger partial charge in [0, 0.05) is 50.8 Å². The summed E-state index contributed by atoms with van der Waals surface area (Å²) in [7, 11) is 0. The van der Waals surface area contributed by atoms with E-state index in [4.69, 9.17) is 0 Å². The molecule has 8 heteroatoms. The highest BCUT2D eigenvalue weighted by molar-refractivity contribution is 5.75. The van der Waals surface area contributed by atoms with Crippen molar-refractivity contribution in [3.8, 4) is 0 Å². The molecule has 24 heavy (non-hydrogen) atoms. The van der Waals surface area contributed by atoms with Gasteiger partial charge in [-0.25, -0.2) is 15.0 Å². The van der Waals surface area contributed by atoms with E-state index in [0.717, 1.165) is 13.0 Å². The lowest BCUT2D eigenvalue weighted by Crippen LogP contribution is -2.45. The van der Waals surface area contributed by atoms with Gasteiger partial charge in [0.15, 0.2) is 0 Å². The van der Waals surface area contributed by atoms with Crippen molar-refractivity contribution in [1.82, 2.24) is 24.8 Å². The van der Waals surface area contributed by atoms with Crippen LogP contribution in [0, 0.1) is 0 Å². The van der Waals surface area contributed by atoms with Gasteiger partial charge in [0.25, 0.3) is 0 Å². The predicted octanol–water partition coefficient (Wildman–Crippen LogP) is 0.211. The van der Waals surface area contributed by atoms with Crippen molar-refractivity contribution in [2.45, 2.75) is 31.4 Å². The Morgan fingerprint density at radius 2 is 2.17 bits per heavy atom. The molecule has 1 amide bonds. The summed E-state index contributed by atoms with van der Waals surface area (Å²) in [5.74, 6) is 0.568. The van der Waals surface area contributed by atoms with Gasteiger partial charge in [-0.2, -0.15) is 0 Å². The molecule has 1 aliphatic rings. The molecular weight excluding hydrogens is 308 g/mol. The Bertz CT molecular complexity index is 648. The van der Waals surface area contributed by atoms with E-state index in [1.807, 2.05) is 15.7 Å². The number of anilines is 1. The number of nitrogens with zero attached hydrogens (tertiary/aromatic N) is 5. The van der Waals surface area contributed by atoms with Gasteiger partial charge >= 0.3 is 0 Å². The fourth-order valence-corrected chi connectivity index (χ4v) is 2.82. The normalized spacial score (nSPS) is 20.3. The zero-order valence-corrected chi connectivity index (χ0v) is 13.5. The van der Waals surface area contributed by atoms with Gasteiger partial charge in [-0.1, -0.05) is 0 Å². The maximum atomic E-state index is 11.9. The van der Waals surface area contributed by atoms with Gasteiger partial charge in [-0.3, -0.25) is 4.79 Å². The highest BCUT2D eigenvalue weighted by atomic mass is 16.3. The van der Waals surface area contributed by atoms with Gasteiger partial charge < -0.3 is 19.9 Å². The van der Waals surface area contributed by atoms with Crippen LogP contribution in [0.2, 0.25) is 0 Å². The van der Waals surface area contributed by atoms with E-state index >= 15 is 0 Å². The van der Waals surface area contributed by atoms with Crippen molar-refractivity contribution in [3.05, 3.63) is 37.2 Å². The summed E-state index contributed by atoms with van der Waals surface area (Å²) >= 11 is 0. The molecule has 8 nitrogen and oxygen atoms in total. The molecule has 1 fully saturated rings. The number of carbonyl (C=O) groups excluding carboxylic acids is 1. The number of aromatic nitrogens is 4. The Hall–Kier alpha value is -2.48. The number of hydrogen-bond donors (Lipinski definition) is 2. The van der Waals surface area contributed by atoms with Crippen molar-refractivity contribution in [2.24, 2.45) is 0 Å². The number of hydrogen-bond acceptors (Lipinski definition) is 6. The van der Waals surface area contributed by atoms with Gasteiger partial charge in [0.05, 0.1) is 12.9 Å². The van der Waals surface area contributed by atoms with E-state index in [1.165, 1.54) is 0 Å².